The second kappa shape index (κ2) is 6.96. The number of amides is 1. The Bertz CT molecular complexity index is 774. The maximum absolute atomic E-state index is 12.1. The van der Waals surface area contributed by atoms with Gasteiger partial charge in [0, 0.05) is 37.6 Å². The van der Waals surface area contributed by atoms with Gasteiger partial charge in [-0.25, -0.2) is 0 Å². The summed E-state index contributed by atoms with van der Waals surface area (Å²) in [6.07, 6.45) is 5.94. The lowest BCUT2D eigenvalue weighted by Crippen LogP contribution is -2.25. The first-order valence-corrected chi connectivity index (χ1v) is 7.63. The third-order valence-electron chi connectivity index (χ3n) is 3.62. The van der Waals surface area contributed by atoms with Crippen LogP contribution in [-0.2, 0) is 13.5 Å². The lowest BCUT2D eigenvalue weighted by Gasteiger charge is -2.01. The van der Waals surface area contributed by atoms with E-state index in [-0.39, 0.29) is 5.91 Å². The average Bonchev–Trinajstić information content (AvgIpc) is 3.21. The Morgan fingerprint density at radius 2 is 2.09 bits per heavy atom. The number of carbonyl (C=O) groups is 1. The van der Waals surface area contributed by atoms with Gasteiger partial charge in [-0.05, 0) is 24.5 Å². The molecule has 1 amide bonds. The van der Waals surface area contributed by atoms with Crippen molar-refractivity contribution in [2.24, 2.45) is 7.05 Å². The summed E-state index contributed by atoms with van der Waals surface area (Å²) in [6.45, 7) is 0.612. The van der Waals surface area contributed by atoms with E-state index in [2.05, 4.69) is 22.7 Å². The molecule has 1 aromatic carbocycles. The highest BCUT2D eigenvalue weighted by molar-refractivity contribution is 5.93. The molecule has 0 aliphatic heterocycles. The minimum absolute atomic E-state index is 0.205. The van der Waals surface area contributed by atoms with E-state index in [9.17, 15) is 4.79 Å². The van der Waals surface area contributed by atoms with Gasteiger partial charge < -0.3 is 14.4 Å². The highest BCUT2D eigenvalue weighted by Gasteiger charge is 2.12. The summed E-state index contributed by atoms with van der Waals surface area (Å²) in [6, 6.07) is 13.4. The Balaban J connectivity index is 1.50. The highest BCUT2D eigenvalue weighted by Crippen LogP contribution is 2.19. The molecule has 2 heterocycles. The molecule has 3 rings (SSSR count). The SMILES string of the molecule is Cn1ccc(CCCNC(=O)c2cc(-c3ccccc3)on2)c1. The van der Waals surface area contributed by atoms with Crippen LogP contribution in [0.5, 0.6) is 0 Å². The third-order valence-corrected chi connectivity index (χ3v) is 3.62. The molecule has 3 aromatic rings. The zero-order chi connectivity index (χ0) is 16.1. The Morgan fingerprint density at radius 3 is 2.83 bits per heavy atom. The van der Waals surface area contributed by atoms with Crippen LogP contribution in [-0.4, -0.2) is 22.2 Å². The average molecular weight is 309 g/mol. The molecule has 0 saturated carbocycles. The Hall–Kier alpha value is -2.82. The molecule has 2 aromatic heterocycles. The van der Waals surface area contributed by atoms with E-state index in [0.717, 1.165) is 18.4 Å². The lowest BCUT2D eigenvalue weighted by molar-refractivity contribution is 0.0944. The van der Waals surface area contributed by atoms with E-state index in [0.29, 0.717) is 18.0 Å². The van der Waals surface area contributed by atoms with Gasteiger partial charge in [-0.1, -0.05) is 35.5 Å². The monoisotopic (exact) mass is 309 g/mol. The van der Waals surface area contributed by atoms with Gasteiger partial charge >= 0.3 is 0 Å². The van der Waals surface area contributed by atoms with E-state index in [1.54, 1.807) is 6.07 Å². The number of nitrogens with zero attached hydrogens (tertiary/aromatic N) is 2. The number of benzene rings is 1. The zero-order valence-corrected chi connectivity index (χ0v) is 13.0. The molecule has 0 unspecified atom stereocenters. The van der Waals surface area contributed by atoms with Crippen molar-refractivity contribution in [3.63, 3.8) is 0 Å². The molecule has 5 heteroatoms. The number of rotatable bonds is 6. The molecule has 0 saturated heterocycles. The number of aryl methyl sites for hydroxylation is 2. The second-order valence-electron chi connectivity index (χ2n) is 5.49. The first-order chi connectivity index (χ1) is 11.2. The smallest absolute Gasteiger partial charge is 0.273 e. The predicted molar refractivity (Wildman–Crippen MR) is 88.0 cm³/mol. The van der Waals surface area contributed by atoms with Gasteiger partial charge in [0.05, 0.1) is 0 Å². The van der Waals surface area contributed by atoms with Crippen LogP contribution in [0.15, 0.2) is 59.4 Å². The zero-order valence-electron chi connectivity index (χ0n) is 13.0. The van der Waals surface area contributed by atoms with Crippen LogP contribution in [0.25, 0.3) is 11.3 Å². The minimum atomic E-state index is -0.205. The molecule has 5 nitrogen and oxygen atoms in total. The van der Waals surface area contributed by atoms with Crippen LogP contribution in [0, 0.1) is 0 Å². The molecular weight excluding hydrogens is 290 g/mol. The van der Waals surface area contributed by atoms with Crippen LogP contribution in [0.3, 0.4) is 0 Å². The summed E-state index contributed by atoms with van der Waals surface area (Å²) in [5, 5.41) is 6.71. The molecule has 1 N–H and O–H groups in total. The fourth-order valence-electron chi connectivity index (χ4n) is 2.41. The summed E-state index contributed by atoms with van der Waals surface area (Å²) < 4.78 is 7.26. The Kier molecular flexibility index (Phi) is 4.57. The normalized spacial score (nSPS) is 10.7. The topological polar surface area (TPSA) is 60.1 Å². The number of nitrogens with one attached hydrogen (secondary N) is 1. The van der Waals surface area contributed by atoms with Gasteiger partial charge in [0.2, 0.25) is 0 Å². The van der Waals surface area contributed by atoms with Crippen LogP contribution in [0.1, 0.15) is 22.5 Å². The molecular formula is C18H19N3O2. The number of carbonyl (C=O) groups excluding carboxylic acids is 1. The molecule has 23 heavy (non-hydrogen) atoms. The van der Waals surface area contributed by atoms with E-state index >= 15 is 0 Å². The van der Waals surface area contributed by atoms with Crippen molar-refractivity contribution < 1.29 is 9.32 Å². The fraction of sp³-hybridized carbons (Fsp3) is 0.222. The van der Waals surface area contributed by atoms with Crippen molar-refractivity contribution in [3.8, 4) is 11.3 Å². The van der Waals surface area contributed by atoms with Crippen LogP contribution in [0.4, 0.5) is 0 Å². The third kappa shape index (κ3) is 3.88. The molecule has 0 atom stereocenters. The Labute approximate surface area is 134 Å². The van der Waals surface area contributed by atoms with Crippen molar-refractivity contribution in [3.05, 3.63) is 66.1 Å². The number of hydrogen-bond donors (Lipinski definition) is 1. The summed E-state index contributed by atoms with van der Waals surface area (Å²) in [5.74, 6) is 0.393. The molecule has 0 spiro atoms. The van der Waals surface area contributed by atoms with Crippen molar-refractivity contribution in [2.75, 3.05) is 6.54 Å². The van der Waals surface area contributed by atoms with E-state index in [1.807, 2.05) is 48.1 Å². The van der Waals surface area contributed by atoms with Crippen LogP contribution >= 0.6 is 0 Å². The van der Waals surface area contributed by atoms with Gasteiger partial charge in [0.15, 0.2) is 11.5 Å². The standard InChI is InChI=1S/C18H19N3O2/c1-21-11-9-14(13-21)6-5-10-19-18(22)16-12-17(23-20-16)15-7-3-2-4-8-15/h2-4,7-9,11-13H,5-6,10H2,1H3,(H,19,22). The maximum atomic E-state index is 12.1. The second-order valence-corrected chi connectivity index (χ2v) is 5.49. The maximum Gasteiger partial charge on any atom is 0.273 e. The summed E-state index contributed by atoms with van der Waals surface area (Å²) in [7, 11) is 2.00. The Morgan fingerprint density at radius 1 is 1.26 bits per heavy atom. The first kappa shape index (κ1) is 15.1. The number of aromatic nitrogens is 2. The lowest BCUT2D eigenvalue weighted by atomic mass is 10.1. The molecule has 0 radical (unpaired) electrons. The fourth-order valence-corrected chi connectivity index (χ4v) is 2.41. The summed E-state index contributed by atoms with van der Waals surface area (Å²) in [4.78, 5) is 12.1. The molecule has 0 fully saturated rings. The van der Waals surface area contributed by atoms with Crippen molar-refractivity contribution in [1.29, 1.82) is 0 Å². The van der Waals surface area contributed by atoms with Gasteiger partial charge in [-0.2, -0.15) is 0 Å². The van der Waals surface area contributed by atoms with Crippen molar-refractivity contribution in [2.45, 2.75) is 12.8 Å². The number of hydrogen-bond acceptors (Lipinski definition) is 3. The van der Waals surface area contributed by atoms with Gasteiger partial charge in [-0.3, -0.25) is 4.79 Å². The molecule has 118 valence electrons. The van der Waals surface area contributed by atoms with E-state index < -0.39 is 0 Å². The molecule has 0 aliphatic rings. The first-order valence-electron chi connectivity index (χ1n) is 7.63. The minimum Gasteiger partial charge on any atom is -0.357 e. The quantitative estimate of drug-likeness (QED) is 0.712. The van der Waals surface area contributed by atoms with Gasteiger partial charge in [-0.15, -0.1) is 0 Å². The summed E-state index contributed by atoms with van der Waals surface area (Å²) >= 11 is 0. The van der Waals surface area contributed by atoms with Crippen molar-refractivity contribution in [1.82, 2.24) is 15.0 Å². The largest absolute Gasteiger partial charge is 0.357 e. The van der Waals surface area contributed by atoms with E-state index in [1.165, 1.54) is 5.56 Å². The van der Waals surface area contributed by atoms with Crippen LogP contribution in [0.2, 0.25) is 0 Å². The molecule has 0 aliphatic carbocycles. The van der Waals surface area contributed by atoms with Gasteiger partial charge in [0.1, 0.15) is 0 Å². The van der Waals surface area contributed by atoms with Gasteiger partial charge in [0.25, 0.3) is 5.91 Å². The highest BCUT2D eigenvalue weighted by atomic mass is 16.5. The van der Waals surface area contributed by atoms with Crippen molar-refractivity contribution >= 4 is 5.91 Å². The van der Waals surface area contributed by atoms with E-state index in [4.69, 9.17) is 4.52 Å². The predicted octanol–water partition coefficient (Wildman–Crippen LogP) is 3.04. The molecule has 0 bridgehead atoms. The summed E-state index contributed by atoms with van der Waals surface area (Å²) in [5.41, 5.74) is 2.49. The van der Waals surface area contributed by atoms with Crippen LogP contribution < -0.4 is 5.32 Å².